The first-order valence-corrected chi connectivity index (χ1v) is 8.79. The van der Waals surface area contributed by atoms with Gasteiger partial charge in [0.25, 0.3) is 10.2 Å². The molecule has 1 unspecified atom stereocenters. The molecule has 0 heterocycles. The fourth-order valence-corrected chi connectivity index (χ4v) is 3.74. The third-order valence-corrected chi connectivity index (χ3v) is 5.93. The average Bonchev–Trinajstić information content (AvgIpc) is 3.18. The predicted molar refractivity (Wildman–Crippen MR) is 79.3 cm³/mol. The van der Waals surface area contributed by atoms with Crippen molar-refractivity contribution in [1.29, 1.82) is 0 Å². The molecular weight excluding hydrogens is 262 g/mol. The maximum atomic E-state index is 12.4. The highest BCUT2D eigenvalue weighted by molar-refractivity contribution is 7.86. The molecule has 0 aromatic heterocycles. The molecule has 6 heteroatoms. The minimum Gasteiger partial charge on any atom is -0.314 e. The number of hydrogen-bond acceptors (Lipinski definition) is 3. The Morgan fingerprint density at radius 2 is 1.95 bits per heavy atom. The first kappa shape index (κ1) is 16.9. The van der Waals surface area contributed by atoms with E-state index in [1.807, 2.05) is 20.8 Å². The van der Waals surface area contributed by atoms with Gasteiger partial charge >= 0.3 is 0 Å². The van der Waals surface area contributed by atoms with Gasteiger partial charge in [0.15, 0.2) is 0 Å². The standard InChI is InChI=1S/C13H29N3O2S/c1-5-12(3)16(6-2)19(17,18)15(4)11-7-10-14-13-8-9-13/h12-14H,5-11H2,1-4H3. The van der Waals surface area contributed by atoms with E-state index in [1.54, 1.807) is 11.4 Å². The Balaban J connectivity index is 2.43. The van der Waals surface area contributed by atoms with E-state index >= 15 is 0 Å². The zero-order chi connectivity index (χ0) is 14.5. The fraction of sp³-hybridized carbons (Fsp3) is 1.00. The Kier molecular flexibility index (Phi) is 6.73. The van der Waals surface area contributed by atoms with Gasteiger partial charge in [-0.3, -0.25) is 0 Å². The molecule has 1 fully saturated rings. The predicted octanol–water partition coefficient (Wildman–Crippen LogP) is 1.43. The molecule has 0 radical (unpaired) electrons. The molecule has 0 bridgehead atoms. The van der Waals surface area contributed by atoms with Crippen LogP contribution in [0.5, 0.6) is 0 Å². The van der Waals surface area contributed by atoms with Gasteiger partial charge in [-0.1, -0.05) is 13.8 Å². The van der Waals surface area contributed by atoms with E-state index in [1.165, 1.54) is 17.1 Å². The van der Waals surface area contributed by atoms with Crippen molar-refractivity contribution < 1.29 is 8.42 Å². The normalized spacial score (nSPS) is 18.2. The lowest BCUT2D eigenvalue weighted by atomic mass is 10.3. The second-order valence-electron chi connectivity index (χ2n) is 5.37. The van der Waals surface area contributed by atoms with E-state index < -0.39 is 10.2 Å². The summed E-state index contributed by atoms with van der Waals surface area (Å²) in [5, 5.41) is 3.41. The Morgan fingerprint density at radius 3 is 2.42 bits per heavy atom. The number of nitrogens with zero attached hydrogens (tertiary/aromatic N) is 2. The van der Waals surface area contributed by atoms with Gasteiger partial charge in [0, 0.05) is 32.2 Å². The van der Waals surface area contributed by atoms with E-state index in [-0.39, 0.29) is 6.04 Å². The number of rotatable bonds is 10. The van der Waals surface area contributed by atoms with Gasteiger partial charge in [0.1, 0.15) is 0 Å². The first-order valence-electron chi connectivity index (χ1n) is 7.39. The lowest BCUT2D eigenvalue weighted by Crippen LogP contribution is -2.46. The summed E-state index contributed by atoms with van der Waals surface area (Å²) in [7, 11) is -1.63. The zero-order valence-corrected chi connectivity index (χ0v) is 13.5. The van der Waals surface area contributed by atoms with Crippen LogP contribution in [0.15, 0.2) is 0 Å². The van der Waals surface area contributed by atoms with E-state index in [4.69, 9.17) is 0 Å². The smallest absolute Gasteiger partial charge is 0.281 e. The van der Waals surface area contributed by atoms with Crippen LogP contribution >= 0.6 is 0 Å². The minimum atomic E-state index is -3.31. The summed E-state index contributed by atoms with van der Waals surface area (Å²) >= 11 is 0. The van der Waals surface area contributed by atoms with Crippen molar-refractivity contribution >= 4 is 10.2 Å². The summed E-state index contributed by atoms with van der Waals surface area (Å²) in [5.41, 5.74) is 0. The third kappa shape index (κ3) is 5.02. The van der Waals surface area contributed by atoms with Gasteiger partial charge in [-0.2, -0.15) is 17.0 Å². The quantitative estimate of drug-likeness (QED) is 0.619. The van der Waals surface area contributed by atoms with Crippen molar-refractivity contribution in [2.75, 3.05) is 26.7 Å². The second kappa shape index (κ2) is 7.57. The molecule has 5 nitrogen and oxygen atoms in total. The van der Waals surface area contributed by atoms with Crippen LogP contribution in [0.3, 0.4) is 0 Å². The zero-order valence-electron chi connectivity index (χ0n) is 12.7. The van der Waals surface area contributed by atoms with E-state index in [9.17, 15) is 8.42 Å². The molecule has 19 heavy (non-hydrogen) atoms. The molecule has 1 saturated carbocycles. The maximum Gasteiger partial charge on any atom is 0.281 e. The third-order valence-electron chi connectivity index (χ3n) is 3.74. The summed E-state index contributed by atoms with van der Waals surface area (Å²) in [6.45, 7) is 7.88. The maximum absolute atomic E-state index is 12.4. The molecule has 0 aliphatic heterocycles. The summed E-state index contributed by atoms with van der Waals surface area (Å²) in [6.07, 6.45) is 4.24. The highest BCUT2D eigenvalue weighted by Gasteiger charge is 2.28. The Labute approximate surface area is 118 Å². The monoisotopic (exact) mass is 291 g/mol. The molecule has 1 rings (SSSR count). The van der Waals surface area contributed by atoms with Crippen LogP contribution in [0, 0.1) is 0 Å². The van der Waals surface area contributed by atoms with Crippen LogP contribution < -0.4 is 5.32 Å². The summed E-state index contributed by atoms with van der Waals surface area (Å²) < 4.78 is 27.9. The fourth-order valence-electron chi connectivity index (χ4n) is 2.10. The SMILES string of the molecule is CCC(C)N(CC)S(=O)(=O)N(C)CCCNC1CC1. The molecule has 0 aromatic carbocycles. The van der Waals surface area contributed by atoms with Gasteiger partial charge in [0.2, 0.25) is 0 Å². The number of hydrogen-bond donors (Lipinski definition) is 1. The van der Waals surface area contributed by atoms with Crippen LogP contribution in [0.2, 0.25) is 0 Å². The molecule has 0 saturated heterocycles. The number of nitrogens with one attached hydrogen (secondary N) is 1. The lowest BCUT2D eigenvalue weighted by Gasteiger charge is -2.30. The highest BCUT2D eigenvalue weighted by Crippen LogP contribution is 2.18. The van der Waals surface area contributed by atoms with Gasteiger partial charge in [-0.25, -0.2) is 0 Å². The van der Waals surface area contributed by atoms with Crippen molar-refractivity contribution in [3.8, 4) is 0 Å². The van der Waals surface area contributed by atoms with Crippen molar-refractivity contribution in [2.24, 2.45) is 0 Å². The van der Waals surface area contributed by atoms with Gasteiger partial charge in [-0.15, -0.1) is 0 Å². The summed E-state index contributed by atoms with van der Waals surface area (Å²) in [6, 6.07) is 0.746. The molecule has 0 spiro atoms. The minimum absolute atomic E-state index is 0.0574. The second-order valence-corrected chi connectivity index (χ2v) is 7.36. The molecule has 0 aromatic rings. The largest absolute Gasteiger partial charge is 0.314 e. The molecule has 1 N–H and O–H groups in total. The molecular formula is C13H29N3O2S. The van der Waals surface area contributed by atoms with Crippen LogP contribution in [0.25, 0.3) is 0 Å². The van der Waals surface area contributed by atoms with Crippen molar-refractivity contribution in [2.45, 2.75) is 58.5 Å². The topological polar surface area (TPSA) is 52.7 Å². The Bertz CT molecular complexity index is 355. The molecule has 1 atom stereocenters. The lowest BCUT2D eigenvalue weighted by molar-refractivity contribution is 0.308. The molecule has 1 aliphatic rings. The average molecular weight is 291 g/mol. The summed E-state index contributed by atoms with van der Waals surface area (Å²) in [4.78, 5) is 0. The highest BCUT2D eigenvalue weighted by atomic mass is 32.2. The van der Waals surface area contributed by atoms with Crippen LogP contribution in [0.1, 0.15) is 46.5 Å². The van der Waals surface area contributed by atoms with Crippen LogP contribution in [0.4, 0.5) is 0 Å². The van der Waals surface area contributed by atoms with Crippen molar-refractivity contribution in [3.63, 3.8) is 0 Å². The van der Waals surface area contributed by atoms with E-state index in [2.05, 4.69) is 5.32 Å². The Hall–Kier alpha value is -0.170. The molecule has 114 valence electrons. The van der Waals surface area contributed by atoms with Gasteiger partial charge in [-0.05, 0) is 39.2 Å². The Morgan fingerprint density at radius 1 is 1.32 bits per heavy atom. The molecule has 1 aliphatic carbocycles. The molecule has 0 amide bonds. The van der Waals surface area contributed by atoms with Gasteiger partial charge < -0.3 is 5.32 Å². The van der Waals surface area contributed by atoms with Crippen molar-refractivity contribution in [1.82, 2.24) is 13.9 Å². The van der Waals surface area contributed by atoms with Crippen LogP contribution in [-0.2, 0) is 10.2 Å². The van der Waals surface area contributed by atoms with E-state index in [0.717, 1.165) is 19.4 Å². The van der Waals surface area contributed by atoms with Crippen molar-refractivity contribution in [3.05, 3.63) is 0 Å². The van der Waals surface area contributed by atoms with Gasteiger partial charge in [0.05, 0.1) is 0 Å². The van der Waals surface area contributed by atoms with Crippen LogP contribution in [-0.4, -0.2) is 55.8 Å². The first-order chi connectivity index (χ1) is 8.93. The summed E-state index contributed by atoms with van der Waals surface area (Å²) in [5.74, 6) is 0. The van der Waals surface area contributed by atoms with E-state index in [0.29, 0.717) is 19.1 Å².